The van der Waals surface area contributed by atoms with E-state index in [2.05, 4.69) is 37.9 Å². The zero-order chi connectivity index (χ0) is 12.0. The van der Waals surface area contributed by atoms with E-state index >= 15 is 0 Å². The summed E-state index contributed by atoms with van der Waals surface area (Å²) in [7, 11) is 3.97. The molecule has 0 aromatic carbocycles. The van der Waals surface area contributed by atoms with Gasteiger partial charge in [-0.05, 0) is 52.4 Å². The summed E-state index contributed by atoms with van der Waals surface area (Å²) in [6.45, 7) is 6.46. The minimum absolute atomic E-state index is 0.529. The Morgan fingerprint density at radius 3 is 2.69 bits per heavy atom. The van der Waals surface area contributed by atoms with Gasteiger partial charge in [-0.25, -0.2) is 0 Å². The van der Waals surface area contributed by atoms with Crippen molar-refractivity contribution in [1.82, 2.24) is 4.90 Å². The molecule has 0 bridgehead atoms. The molecule has 0 radical (unpaired) electrons. The van der Waals surface area contributed by atoms with Crippen molar-refractivity contribution in [2.75, 3.05) is 27.3 Å². The molecule has 2 nitrogen and oxygen atoms in total. The van der Waals surface area contributed by atoms with Gasteiger partial charge in [0.05, 0.1) is 0 Å². The summed E-state index contributed by atoms with van der Waals surface area (Å²) < 4.78 is 5.06. The van der Waals surface area contributed by atoms with Crippen molar-refractivity contribution in [1.29, 1.82) is 0 Å². The maximum Gasteiger partial charge on any atom is 0.0462 e. The lowest BCUT2D eigenvalue weighted by Crippen LogP contribution is -2.23. The van der Waals surface area contributed by atoms with E-state index in [1.807, 2.05) is 11.3 Å². The first-order valence-electron chi connectivity index (χ1n) is 5.90. The molecule has 0 unspecified atom stereocenters. The lowest BCUT2D eigenvalue weighted by molar-refractivity contribution is 0.182. The molecule has 0 saturated heterocycles. The van der Waals surface area contributed by atoms with Gasteiger partial charge >= 0.3 is 0 Å². The zero-order valence-corrected chi connectivity index (χ0v) is 11.6. The fourth-order valence-electron chi connectivity index (χ4n) is 1.70. The van der Waals surface area contributed by atoms with Crippen molar-refractivity contribution in [3.63, 3.8) is 0 Å². The molecule has 1 heterocycles. The smallest absolute Gasteiger partial charge is 0.0462 e. The van der Waals surface area contributed by atoms with Crippen LogP contribution in [0.25, 0.3) is 0 Å². The number of unbranched alkanes of at least 4 members (excludes halogenated alkanes) is 1. The minimum Gasteiger partial charge on any atom is -0.385 e. The number of hydrogen-bond acceptors (Lipinski definition) is 3. The van der Waals surface area contributed by atoms with E-state index < -0.39 is 0 Å². The first-order valence-corrected chi connectivity index (χ1v) is 6.72. The molecule has 0 fully saturated rings. The van der Waals surface area contributed by atoms with E-state index in [9.17, 15) is 0 Å². The van der Waals surface area contributed by atoms with Gasteiger partial charge in [-0.15, -0.1) is 11.3 Å². The fourth-order valence-corrected chi connectivity index (χ4v) is 2.69. The van der Waals surface area contributed by atoms with Crippen LogP contribution in [0.1, 0.15) is 35.6 Å². The Kier molecular flexibility index (Phi) is 6.03. The van der Waals surface area contributed by atoms with Crippen LogP contribution in [0.3, 0.4) is 0 Å². The topological polar surface area (TPSA) is 12.5 Å². The van der Waals surface area contributed by atoms with Gasteiger partial charge in [-0.1, -0.05) is 0 Å². The molecular weight excluding hydrogens is 218 g/mol. The van der Waals surface area contributed by atoms with Gasteiger partial charge in [-0.3, -0.25) is 4.90 Å². The second-order valence-electron chi connectivity index (χ2n) is 4.30. The quantitative estimate of drug-likeness (QED) is 0.678. The van der Waals surface area contributed by atoms with Crippen LogP contribution < -0.4 is 0 Å². The van der Waals surface area contributed by atoms with Crippen LogP contribution in [0.4, 0.5) is 0 Å². The van der Waals surface area contributed by atoms with Gasteiger partial charge in [0, 0.05) is 29.5 Å². The third-order valence-corrected chi connectivity index (χ3v) is 4.11. The van der Waals surface area contributed by atoms with Gasteiger partial charge in [-0.2, -0.15) is 0 Å². The predicted octanol–water partition coefficient (Wildman–Crippen LogP) is 3.48. The third kappa shape index (κ3) is 4.24. The van der Waals surface area contributed by atoms with Crippen molar-refractivity contribution in [3.8, 4) is 0 Å². The minimum atomic E-state index is 0.529. The van der Waals surface area contributed by atoms with Gasteiger partial charge in [0.2, 0.25) is 0 Å². The Hall–Kier alpha value is -0.380. The summed E-state index contributed by atoms with van der Waals surface area (Å²) in [5.74, 6) is 0. The molecule has 16 heavy (non-hydrogen) atoms. The van der Waals surface area contributed by atoms with Gasteiger partial charge in [0.15, 0.2) is 0 Å². The molecule has 3 heteroatoms. The van der Waals surface area contributed by atoms with Crippen LogP contribution >= 0.6 is 11.3 Å². The molecule has 0 N–H and O–H groups in total. The molecule has 1 aromatic rings. The third-order valence-electron chi connectivity index (χ3n) is 2.94. The molecule has 92 valence electrons. The summed E-state index contributed by atoms with van der Waals surface area (Å²) in [5.41, 5.74) is 0. The van der Waals surface area contributed by atoms with E-state index in [1.54, 1.807) is 7.11 Å². The molecule has 0 aliphatic heterocycles. The number of nitrogens with zero attached hydrogens (tertiary/aromatic N) is 1. The predicted molar refractivity (Wildman–Crippen MR) is 71.2 cm³/mol. The SMILES string of the molecule is COCCCCN(C)[C@H](C)c1ccc(C)s1. The van der Waals surface area contributed by atoms with Gasteiger partial charge < -0.3 is 4.74 Å². The number of hydrogen-bond donors (Lipinski definition) is 0. The monoisotopic (exact) mass is 241 g/mol. The normalized spacial score (nSPS) is 13.3. The van der Waals surface area contributed by atoms with Crippen LogP contribution in [0, 0.1) is 6.92 Å². The molecular formula is C13H23NOS. The van der Waals surface area contributed by atoms with Gasteiger partial charge in [0.1, 0.15) is 0 Å². The standard InChI is InChI=1S/C13H23NOS/c1-11-7-8-13(16-11)12(2)14(3)9-5-6-10-15-4/h7-8,12H,5-6,9-10H2,1-4H3/t12-/m1/s1. The number of thiophene rings is 1. The fraction of sp³-hybridized carbons (Fsp3) is 0.692. The van der Waals surface area contributed by atoms with Gasteiger partial charge in [0.25, 0.3) is 0 Å². The summed E-state index contributed by atoms with van der Waals surface area (Å²) in [4.78, 5) is 5.28. The maximum absolute atomic E-state index is 5.06. The number of aryl methyl sites for hydroxylation is 1. The average molecular weight is 241 g/mol. The molecule has 0 saturated carbocycles. The van der Waals surface area contributed by atoms with E-state index in [1.165, 1.54) is 16.2 Å². The van der Waals surface area contributed by atoms with Crippen LogP contribution in [-0.4, -0.2) is 32.2 Å². The molecule has 1 aromatic heterocycles. The van der Waals surface area contributed by atoms with Crippen molar-refractivity contribution in [2.24, 2.45) is 0 Å². The maximum atomic E-state index is 5.06. The highest BCUT2D eigenvalue weighted by atomic mass is 32.1. The number of rotatable bonds is 7. The highest BCUT2D eigenvalue weighted by Gasteiger charge is 2.12. The second-order valence-corrected chi connectivity index (χ2v) is 5.62. The van der Waals surface area contributed by atoms with E-state index in [-0.39, 0.29) is 0 Å². The van der Waals surface area contributed by atoms with E-state index in [0.717, 1.165) is 19.6 Å². The molecule has 0 spiro atoms. The van der Waals surface area contributed by atoms with Crippen molar-refractivity contribution in [3.05, 3.63) is 21.9 Å². The Morgan fingerprint density at radius 2 is 2.12 bits per heavy atom. The zero-order valence-electron chi connectivity index (χ0n) is 10.8. The summed E-state index contributed by atoms with van der Waals surface area (Å²) in [6, 6.07) is 4.98. The van der Waals surface area contributed by atoms with Crippen molar-refractivity contribution >= 4 is 11.3 Å². The highest BCUT2D eigenvalue weighted by molar-refractivity contribution is 7.12. The molecule has 0 aliphatic carbocycles. The molecule has 0 aliphatic rings. The summed E-state index contributed by atoms with van der Waals surface area (Å²) in [5, 5.41) is 0. The van der Waals surface area contributed by atoms with Crippen molar-refractivity contribution < 1.29 is 4.74 Å². The Labute approximate surface area is 103 Å². The Morgan fingerprint density at radius 1 is 1.38 bits per heavy atom. The van der Waals surface area contributed by atoms with Crippen LogP contribution in [-0.2, 0) is 4.74 Å². The Balaban J connectivity index is 2.33. The number of methoxy groups -OCH3 is 1. The Bertz CT molecular complexity index is 298. The van der Waals surface area contributed by atoms with E-state index in [0.29, 0.717) is 6.04 Å². The van der Waals surface area contributed by atoms with Crippen LogP contribution in [0.2, 0.25) is 0 Å². The van der Waals surface area contributed by atoms with E-state index in [4.69, 9.17) is 4.74 Å². The lowest BCUT2D eigenvalue weighted by atomic mass is 10.2. The highest BCUT2D eigenvalue weighted by Crippen LogP contribution is 2.26. The largest absolute Gasteiger partial charge is 0.385 e. The van der Waals surface area contributed by atoms with Crippen molar-refractivity contribution in [2.45, 2.75) is 32.7 Å². The second kappa shape index (κ2) is 7.05. The summed E-state index contributed by atoms with van der Waals surface area (Å²) >= 11 is 1.90. The first kappa shape index (κ1) is 13.7. The lowest BCUT2D eigenvalue weighted by Gasteiger charge is -2.23. The molecule has 1 rings (SSSR count). The number of ether oxygens (including phenoxy) is 1. The summed E-state index contributed by atoms with van der Waals surface area (Å²) in [6.07, 6.45) is 2.36. The van der Waals surface area contributed by atoms with Crippen LogP contribution in [0.15, 0.2) is 12.1 Å². The average Bonchev–Trinajstić information content (AvgIpc) is 2.70. The molecule has 1 atom stereocenters. The molecule has 0 amide bonds. The first-order chi connectivity index (χ1) is 7.65. The van der Waals surface area contributed by atoms with Crippen LogP contribution in [0.5, 0.6) is 0 Å².